The van der Waals surface area contributed by atoms with Crippen molar-refractivity contribution in [3.05, 3.63) is 36.5 Å². The Bertz CT molecular complexity index is 1330. The molecular weight excluding hydrogens is 1010 g/mol. The van der Waals surface area contributed by atoms with Gasteiger partial charge in [0.25, 0.3) is 0 Å². The van der Waals surface area contributed by atoms with E-state index in [4.69, 9.17) is 4.74 Å². The molecule has 0 heterocycles. The molecule has 3 N–H and O–H groups in total. The Morgan fingerprint density at radius 2 is 0.610 bits per heavy atom. The highest BCUT2D eigenvalue weighted by Gasteiger charge is 2.20. The number of nitrogens with one attached hydrogen (secondary N) is 1. The van der Waals surface area contributed by atoms with Gasteiger partial charge in [0, 0.05) is 12.8 Å². The van der Waals surface area contributed by atoms with E-state index >= 15 is 0 Å². The maximum atomic E-state index is 12.6. The van der Waals surface area contributed by atoms with Gasteiger partial charge in [-0.25, -0.2) is 0 Å². The second-order valence-corrected chi connectivity index (χ2v) is 25.6. The molecule has 0 rings (SSSR count). The van der Waals surface area contributed by atoms with Crippen LogP contribution < -0.4 is 5.32 Å². The Labute approximate surface area is 513 Å². The van der Waals surface area contributed by atoms with Crippen molar-refractivity contribution >= 4 is 11.9 Å². The predicted molar refractivity (Wildman–Crippen MR) is 361 cm³/mol. The van der Waals surface area contributed by atoms with Crippen LogP contribution in [0.15, 0.2) is 36.5 Å². The fraction of sp³-hybridized carbons (Fsp3) is 0.895. The van der Waals surface area contributed by atoms with E-state index in [0.29, 0.717) is 25.9 Å². The first-order chi connectivity index (χ1) is 40.5. The van der Waals surface area contributed by atoms with Gasteiger partial charge in [-0.1, -0.05) is 352 Å². The molecule has 0 aromatic rings. The average molecular weight is 1150 g/mol. The van der Waals surface area contributed by atoms with Gasteiger partial charge in [0.15, 0.2) is 0 Å². The number of carbonyl (C=O) groups excluding carboxylic acids is 2. The number of esters is 1. The minimum absolute atomic E-state index is 0.000756. The number of hydrogen-bond acceptors (Lipinski definition) is 5. The summed E-state index contributed by atoms with van der Waals surface area (Å²) in [4.78, 5) is 24.6. The van der Waals surface area contributed by atoms with Crippen LogP contribution in [-0.4, -0.2) is 47.4 Å². The normalized spacial score (nSPS) is 12.7. The van der Waals surface area contributed by atoms with Crippen LogP contribution in [0.5, 0.6) is 0 Å². The van der Waals surface area contributed by atoms with Crippen LogP contribution in [0.4, 0.5) is 0 Å². The standard InChI is InChI=1S/C76H145NO5/c1-3-5-7-9-11-13-15-17-19-21-22-23-24-28-31-34-37-40-44-48-52-56-60-64-68-74(79)73(72-78)77-75(80)69-65-61-57-53-49-45-41-38-35-32-29-26-25-27-30-33-36-39-43-47-51-55-59-63-67-71-82-76(81)70-66-62-58-54-50-46-42-20-18-16-14-12-10-8-6-4-2/h14,16,20,26,29,42,73-74,78-79H,3-13,15,17-19,21-25,27-28,30-41,43-72H2,1-2H3,(H,77,80)/b16-14-,29-26-,42-20-. The van der Waals surface area contributed by atoms with Crippen LogP contribution in [0.25, 0.3) is 0 Å². The molecule has 0 saturated carbocycles. The monoisotopic (exact) mass is 1150 g/mol. The maximum Gasteiger partial charge on any atom is 0.305 e. The number of aliphatic hydroxyl groups excluding tert-OH is 2. The number of aliphatic hydroxyl groups is 2. The summed E-state index contributed by atoms with van der Waals surface area (Å²) < 4.78 is 5.49. The molecule has 2 atom stereocenters. The quantitative estimate of drug-likeness (QED) is 0.0320. The number of hydrogen-bond donors (Lipinski definition) is 3. The Morgan fingerprint density at radius 3 is 0.951 bits per heavy atom. The fourth-order valence-corrected chi connectivity index (χ4v) is 11.7. The van der Waals surface area contributed by atoms with Crippen molar-refractivity contribution in [2.24, 2.45) is 0 Å². The molecule has 0 aliphatic rings. The molecule has 82 heavy (non-hydrogen) atoms. The van der Waals surface area contributed by atoms with Crippen molar-refractivity contribution in [3.63, 3.8) is 0 Å². The van der Waals surface area contributed by atoms with Crippen molar-refractivity contribution < 1.29 is 24.5 Å². The smallest absolute Gasteiger partial charge is 0.305 e. The van der Waals surface area contributed by atoms with E-state index < -0.39 is 12.1 Å². The van der Waals surface area contributed by atoms with Crippen molar-refractivity contribution in [1.82, 2.24) is 5.32 Å². The Morgan fingerprint density at radius 1 is 0.341 bits per heavy atom. The summed E-state index contributed by atoms with van der Waals surface area (Å²) in [7, 11) is 0. The summed E-state index contributed by atoms with van der Waals surface area (Å²) in [6, 6.07) is -0.546. The van der Waals surface area contributed by atoms with Gasteiger partial charge < -0.3 is 20.3 Å². The zero-order valence-electron chi connectivity index (χ0n) is 55.5. The summed E-state index contributed by atoms with van der Waals surface area (Å²) >= 11 is 0. The fourth-order valence-electron chi connectivity index (χ4n) is 11.7. The highest BCUT2D eigenvalue weighted by atomic mass is 16.5. The first-order valence-corrected chi connectivity index (χ1v) is 37.2. The molecule has 0 spiro atoms. The first kappa shape index (κ1) is 80.1. The first-order valence-electron chi connectivity index (χ1n) is 37.2. The molecule has 0 aliphatic carbocycles. The molecule has 0 saturated heterocycles. The summed E-state index contributed by atoms with van der Waals surface area (Å²) in [6.45, 7) is 4.97. The van der Waals surface area contributed by atoms with Gasteiger partial charge in [0.2, 0.25) is 5.91 Å². The predicted octanol–water partition coefficient (Wildman–Crippen LogP) is 24.3. The third kappa shape index (κ3) is 67.2. The summed E-state index contributed by atoms with van der Waals surface area (Å²) in [5.74, 6) is -0.0328. The van der Waals surface area contributed by atoms with Crippen LogP contribution in [-0.2, 0) is 14.3 Å². The van der Waals surface area contributed by atoms with E-state index in [1.54, 1.807) is 0 Å². The van der Waals surface area contributed by atoms with Crippen molar-refractivity contribution in [3.8, 4) is 0 Å². The highest BCUT2D eigenvalue weighted by Crippen LogP contribution is 2.19. The van der Waals surface area contributed by atoms with E-state index in [-0.39, 0.29) is 18.5 Å². The van der Waals surface area contributed by atoms with E-state index in [2.05, 4.69) is 55.6 Å². The van der Waals surface area contributed by atoms with Gasteiger partial charge in [-0.2, -0.15) is 0 Å². The number of unbranched alkanes of at least 4 members (excludes halogenated alkanes) is 53. The summed E-state index contributed by atoms with van der Waals surface area (Å²) in [6.07, 6.45) is 92.0. The topological polar surface area (TPSA) is 95.9 Å². The lowest BCUT2D eigenvalue weighted by Gasteiger charge is -2.22. The maximum absolute atomic E-state index is 12.6. The molecule has 0 aliphatic heterocycles. The second kappa shape index (κ2) is 71.6. The van der Waals surface area contributed by atoms with Gasteiger partial charge >= 0.3 is 5.97 Å². The van der Waals surface area contributed by atoms with Crippen molar-refractivity contribution in [2.45, 2.75) is 424 Å². The molecule has 0 radical (unpaired) electrons. The molecule has 2 unspecified atom stereocenters. The lowest BCUT2D eigenvalue weighted by atomic mass is 10.0. The zero-order valence-corrected chi connectivity index (χ0v) is 55.5. The summed E-state index contributed by atoms with van der Waals surface area (Å²) in [5.41, 5.74) is 0. The van der Waals surface area contributed by atoms with E-state index in [0.717, 1.165) is 51.4 Å². The van der Waals surface area contributed by atoms with E-state index in [9.17, 15) is 19.8 Å². The SMILES string of the molecule is CCCCCC/C=C\C/C=C\CCCCCCCC(=O)OCCCCCCCCCCCCCC/C=C\CCCCCCCCCCCC(=O)NC(CO)C(O)CCCCCCCCCCCCCCCCCCCCCCCCCC. The lowest BCUT2D eigenvalue weighted by molar-refractivity contribution is -0.143. The molecule has 0 bridgehead atoms. The molecule has 484 valence electrons. The van der Waals surface area contributed by atoms with Crippen LogP contribution >= 0.6 is 0 Å². The van der Waals surface area contributed by atoms with Gasteiger partial charge in [0.05, 0.1) is 25.4 Å². The molecule has 6 nitrogen and oxygen atoms in total. The number of rotatable bonds is 70. The van der Waals surface area contributed by atoms with Gasteiger partial charge in [-0.05, 0) is 83.5 Å². The van der Waals surface area contributed by atoms with Gasteiger partial charge in [-0.3, -0.25) is 9.59 Å². The number of ether oxygens (including phenoxy) is 1. The largest absolute Gasteiger partial charge is 0.466 e. The Hall–Kier alpha value is -1.92. The van der Waals surface area contributed by atoms with Crippen molar-refractivity contribution in [1.29, 1.82) is 0 Å². The number of amides is 1. The van der Waals surface area contributed by atoms with Crippen LogP contribution in [0.1, 0.15) is 412 Å². The minimum Gasteiger partial charge on any atom is -0.466 e. The minimum atomic E-state index is -0.668. The number of carbonyl (C=O) groups is 2. The second-order valence-electron chi connectivity index (χ2n) is 25.6. The van der Waals surface area contributed by atoms with Crippen LogP contribution in [0.3, 0.4) is 0 Å². The van der Waals surface area contributed by atoms with Gasteiger partial charge in [-0.15, -0.1) is 0 Å². The summed E-state index contributed by atoms with van der Waals surface area (Å²) in [5, 5.41) is 23.5. The molecule has 6 heteroatoms. The average Bonchev–Trinajstić information content (AvgIpc) is 3.48. The van der Waals surface area contributed by atoms with E-state index in [1.807, 2.05) is 0 Å². The third-order valence-electron chi connectivity index (χ3n) is 17.4. The van der Waals surface area contributed by atoms with E-state index in [1.165, 1.54) is 327 Å². The lowest BCUT2D eigenvalue weighted by Crippen LogP contribution is -2.45. The molecule has 0 aromatic carbocycles. The molecule has 0 fully saturated rings. The van der Waals surface area contributed by atoms with Crippen molar-refractivity contribution in [2.75, 3.05) is 13.2 Å². The molecular formula is C76H145NO5. The zero-order chi connectivity index (χ0) is 59.2. The Kier molecular flexibility index (Phi) is 69.9. The molecule has 1 amide bonds. The third-order valence-corrected chi connectivity index (χ3v) is 17.4. The van der Waals surface area contributed by atoms with Crippen LogP contribution in [0.2, 0.25) is 0 Å². The number of allylic oxidation sites excluding steroid dienone is 6. The highest BCUT2D eigenvalue weighted by molar-refractivity contribution is 5.76. The molecule has 0 aromatic heterocycles. The van der Waals surface area contributed by atoms with Crippen LogP contribution in [0, 0.1) is 0 Å². The van der Waals surface area contributed by atoms with Gasteiger partial charge in [0.1, 0.15) is 0 Å². The Balaban J connectivity index is 3.40.